The van der Waals surface area contributed by atoms with Gasteiger partial charge in [0.1, 0.15) is 5.00 Å². The molecule has 0 amide bonds. The van der Waals surface area contributed by atoms with Gasteiger partial charge in [0.15, 0.2) is 5.78 Å². The zero-order valence-corrected chi connectivity index (χ0v) is 14.3. The smallest absolute Gasteiger partial charge is 0.335 e. The lowest BCUT2D eigenvalue weighted by atomic mass is 9.76. The van der Waals surface area contributed by atoms with Gasteiger partial charge in [0.05, 0.1) is 5.56 Å². The van der Waals surface area contributed by atoms with E-state index in [1.165, 1.54) is 0 Å². The molecule has 1 aliphatic carbocycles. The van der Waals surface area contributed by atoms with Crippen molar-refractivity contribution < 1.29 is 14.7 Å². The summed E-state index contributed by atoms with van der Waals surface area (Å²) >= 11 is 6.72. The quantitative estimate of drug-likeness (QED) is 0.651. The first-order valence-corrected chi connectivity index (χ1v) is 8.06. The van der Waals surface area contributed by atoms with E-state index in [9.17, 15) is 9.59 Å². The number of carbonyl (C=O) groups excluding carboxylic acids is 1. The number of carboxylic acids is 1. The van der Waals surface area contributed by atoms with Crippen molar-refractivity contribution >= 4 is 29.0 Å². The summed E-state index contributed by atoms with van der Waals surface area (Å²) in [6.45, 7) is 6.08. The SMILES string of the molecule is CC1(C)CC(=O)C2=C(C1)N(c1ccc(C(=O)O)cc1)C(C)(Cl)C2. The van der Waals surface area contributed by atoms with Crippen molar-refractivity contribution in [2.75, 3.05) is 4.90 Å². The number of anilines is 1. The second kappa shape index (κ2) is 5.10. The van der Waals surface area contributed by atoms with Gasteiger partial charge in [-0.05, 0) is 43.0 Å². The maximum Gasteiger partial charge on any atom is 0.335 e. The molecule has 1 aliphatic heterocycles. The molecule has 0 aromatic heterocycles. The molecule has 2 aliphatic rings. The van der Waals surface area contributed by atoms with Crippen molar-refractivity contribution in [2.24, 2.45) is 5.41 Å². The number of ketones is 1. The van der Waals surface area contributed by atoms with Crippen LogP contribution >= 0.6 is 11.6 Å². The Labute approximate surface area is 140 Å². The van der Waals surface area contributed by atoms with Crippen molar-refractivity contribution in [2.45, 2.75) is 45.0 Å². The zero-order chi connectivity index (χ0) is 17.0. The number of aromatic carboxylic acids is 1. The molecule has 0 saturated heterocycles. The molecule has 1 unspecified atom stereocenters. The molecule has 3 rings (SSSR count). The molecule has 0 radical (unpaired) electrons. The molecule has 0 spiro atoms. The minimum Gasteiger partial charge on any atom is -0.478 e. The average molecular weight is 334 g/mol. The van der Waals surface area contributed by atoms with Gasteiger partial charge in [0.2, 0.25) is 0 Å². The summed E-state index contributed by atoms with van der Waals surface area (Å²) in [4.78, 5) is 24.8. The van der Waals surface area contributed by atoms with Crippen molar-refractivity contribution in [3.63, 3.8) is 0 Å². The Morgan fingerprint density at radius 1 is 1.13 bits per heavy atom. The number of halogens is 1. The van der Waals surface area contributed by atoms with Crippen molar-refractivity contribution in [1.29, 1.82) is 0 Å². The van der Waals surface area contributed by atoms with Gasteiger partial charge in [-0.25, -0.2) is 4.79 Å². The molecule has 0 bridgehead atoms. The zero-order valence-electron chi connectivity index (χ0n) is 13.5. The maximum absolute atomic E-state index is 12.5. The number of benzene rings is 1. The van der Waals surface area contributed by atoms with Gasteiger partial charge < -0.3 is 10.0 Å². The van der Waals surface area contributed by atoms with Gasteiger partial charge in [0, 0.05) is 29.8 Å². The van der Waals surface area contributed by atoms with E-state index >= 15 is 0 Å². The van der Waals surface area contributed by atoms with Crippen LogP contribution in [-0.2, 0) is 4.79 Å². The highest BCUT2D eigenvalue weighted by molar-refractivity contribution is 6.26. The van der Waals surface area contributed by atoms with Gasteiger partial charge in [-0.3, -0.25) is 4.79 Å². The molecule has 122 valence electrons. The lowest BCUT2D eigenvalue weighted by Gasteiger charge is -2.37. The molecule has 0 saturated carbocycles. The molecule has 4 nitrogen and oxygen atoms in total. The topological polar surface area (TPSA) is 57.6 Å². The van der Waals surface area contributed by atoms with Crippen LogP contribution in [0.3, 0.4) is 0 Å². The van der Waals surface area contributed by atoms with E-state index < -0.39 is 11.0 Å². The molecular weight excluding hydrogens is 314 g/mol. The fourth-order valence-electron chi connectivity index (χ4n) is 3.60. The van der Waals surface area contributed by atoms with Crippen LogP contribution in [0.2, 0.25) is 0 Å². The monoisotopic (exact) mass is 333 g/mol. The van der Waals surface area contributed by atoms with Crippen LogP contribution in [0.15, 0.2) is 35.5 Å². The van der Waals surface area contributed by atoms with Gasteiger partial charge in [0.25, 0.3) is 0 Å². The standard InChI is InChI=1S/C18H20ClNO3/c1-17(2)9-14-13(15(21)10-17)8-18(3,19)20(14)12-6-4-11(5-7-12)16(22)23/h4-7H,8-10H2,1-3H3,(H,22,23). The highest BCUT2D eigenvalue weighted by atomic mass is 35.5. The van der Waals surface area contributed by atoms with Crippen LogP contribution < -0.4 is 4.90 Å². The van der Waals surface area contributed by atoms with E-state index in [0.717, 1.165) is 23.4 Å². The number of rotatable bonds is 2. The third-order valence-electron chi connectivity index (χ3n) is 4.58. The predicted octanol–water partition coefficient (Wildman–Crippen LogP) is 4.19. The Bertz CT molecular complexity index is 716. The summed E-state index contributed by atoms with van der Waals surface area (Å²) in [5.41, 5.74) is 2.77. The largest absolute Gasteiger partial charge is 0.478 e. The second-order valence-electron chi connectivity index (χ2n) is 7.37. The van der Waals surface area contributed by atoms with Crippen molar-refractivity contribution in [1.82, 2.24) is 0 Å². The first kappa shape index (κ1) is 16.1. The van der Waals surface area contributed by atoms with Crippen LogP contribution in [0.5, 0.6) is 0 Å². The molecule has 1 aromatic carbocycles. The first-order chi connectivity index (χ1) is 10.6. The molecule has 1 atom stereocenters. The number of allylic oxidation sites excluding steroid dienone is 1. The van der Waals surface area contributed by atoms with Gasteiger partial charge in [-0.15, -0.1) is 0 Å². The Morgan fingerprint density at radius 2 is 1.74 bits per heavy atom. The minimum absolute atomic E-state index is 0.0908. The summed E-state index contributed by atoms with van der Waals surface area (Å²) < 4.78 is 0. The number of carbonyl (C=O) groups is 2. The summed E-state index contributed by atoms with van der Waals surface area (Å²) in [7, 11) is 0. The Balaban J connectivity index is 2.05. The molecule has 1 aromatic rings. The van der Waals surface area contributed by atoms with Crippen LogP contribution in [-0.4, -0.2) is 21.9 Å². The second-order valence-corrected chi connectivity index (χ2v) is 8.19. The van der Waals surface area contributed by atoms with E-state index in [2.05, 4.69) is 13.8 Å². The molecule has 0 fully saturated rings. The van der Waals surface area contributed by atoms with Crippen LogP contribution in [0.4, 0.5) is 5.69 Å². The summed E-state index contributed by atoms with van der Waals surface area (Å²) in [5.74, 6) is -0.784. The van der Waals surface area contributed by atoms with E-state index in [1.54, 1.807) is 24.3 Å². The molecule has 23 heavy (non-hydrogen) atoms. The third kappa shape index (κ3) is 2.76. The Morgan fingerprint density at radius 3 is 2.30 bits per heavy atom. The number of nitrogens with zero attached hydrogens (tertiary/aromatic N) is 1. The van der Waals surface area contributed by atoms with E-state index in [-0.39, 0.29) is 16.8 Å². The molecule has 1 heterocycles. The first-order valence-electron chi connectivity index (χ1n) is 7.68. The fourth-order valence-corrected chi connectivity index (χ4v) is 3.93. The average Bonchev–Trinajstić information content (AvgIpc) is 2.68. The third-order valence-corrected chi connectivity index (χ3v) is 4.88. The lowest BCUT2D eigenvalue weighted by Crippen LogP contribution is -2.38. The number of hydrogen-bond acceptors (Lipinski definition) is 3. The molecule has 1 N–H and O–H groups in total. The maximum atomic E-state index is 12.5. The Kier molecular flexibility index (Phi) is 3.56. The minimum atomic E-state index is -0.958. The van der Waals surface area contributed by atoms with Crippen molar-refractivity contribution in [3.8, 4) is 0 Å². The van der Waals surface area contributed by atoms with Crippen LogP contribution in [0, 0.1) is 5.41 Å². The highest BCUT2D eigenvalue weighted by Gasteiger charge is 2.47. The number of hydrogen-bond donors (Lipinski definition) is 1. The van der Waals surface area contributed by atoms with Crippen LogP contribution in [0.25, 0.3) is 0 Å². The predicted molar refractivity (Wildman–Crippen MR) is 89.8 cm³/mol. The number of alkyl halides is 1. The van der Waals surface area contributed by atoms with Crippen molar-refractivity contribution in [3.05, 3.63) is 41.1 Å². The van der Waals surface area contributed by atoms with Gasteiger partial charge in [-0.2, -0.15) is 0 Å². The number of carboxylic acid groups (broad SMARTS) is 1. The highest BCUT2D eigenvalue weighted by Crippen LogP contribution is 2.51. The van der Waals surface area contributed by atoms with E-state index in [4.69, 9.17) is 16.7 Å². The molecule has 5 heteroatoms. The van der Waals surface area contributed by atoms with Gasteiger partial charge in [-0.1, -0.05) is 25.4 Å². The normalized spacial score (nSPS) is 26.4. The summed E-state index contributed by atoms with van der Waals surface area (Å²) in [5, 5.41) is 9.04. The summed E-state index contributed by atoms with van der Waals surface area (Å²) in [6, 6.07) is 6.65. The van der Waals surface area contributed by atoms with E-state index in [0.29, 0.717) is 12.8 Å². The number of Topliss-reactive ketones (excluding diaryl/α,β-unsaturated/α-hetero) is 1. The molecular formula is C18H20ClNO3. The van der Waals surface area contributed by atoms with Gasteiger partial charge >= 0.3 is 5.97 Å². The van der Waals surface area contributed by atoms with E-state index in [1.807, 2.05) is 11.8 Å². The Hall–Kier alpha value is -1.81. The summed E-state index contributed by atoms with van der Waals surface area (Å²) in [6.07, 6.45) is 1.85. The lowest BCUT2D eigenvalue weighted by molar-refractivity contribution is -0.118. The fraction of sp³-hybridized carbons (Fsp3) is 0.444. The van der Waals surface area contributed by atoms with Crippen LogP contribution in [0.1, 0.15) is 50.4 Å².